The molecule has 8 heteroatoms. The van der Waals surface area contributed by atoms with Crippen LogP contribution >= 0.6 is 11.6 Å². The first-order chi connectivity index (χ1) is 18.0. The van der Waals surface area contributed by atoms with Crippen LogP contribution in [-0.2, 0) is 0 Å². The molecule has 0 radical (unpaired) electrons. The zero-order valence-electron chi connectivity index (χ0n) is 21.3. The first-order valence-corrected chi connectivity index (χ1v) is 14.1. The number of hydrogen-bond acceptors (Lipinski definition) is 6. The summed E-state index contributed by atoms with van der Waals surface area (Å²) >= 11 is 6.36. The highest BCUT2D eigenvalue weighted by Crippen LogP contribution is 2.42. The summed E-state index contributed by atoms with van der Waals surface area (Å²) in [6.07, 6.45) is 10.2. The molecule has 194 valence electrons. The zero-order chi connectivity index (χ0) is 25.1. The number of benzene rings is 1. The van der Waals surface area contributed by atoms with Crippen LogP contribution < -0.4 is 9.64 Å². The Balaban J connectivity index is 1.32. The van der Waals surface area contributed by atoms with Crippen LogP contribution in [0.5, 0.6) is 6.01 Å². The number of hydrogen-bond donors (Lipinski definition) is 0. The smallest absolute Gasteiger partial charge is 0.319 e. The van der Waals surface area contributed by atoms with Gasteiger partial charge in [0.2, 0.25) is 0 Å². The van der Waals surface area contributed by atoms with Gasteiger partial charge in [-0.3, -0.25) is 9.88 Å². The minimum atomic E-state index is -0.446. The van der Waals surface area contributed by atoms with Crippen LogP contribution in [0.3, 0.4) is 0 Å². The fourth-order valence-corrected chi connectivity index (χ4v) is 7.59. The van der Waals surface area contributed by atoms with Gasteiger partial charge < -0.3 is 9.64 Å². The standard InChI is InChI=1S/C29H33ClFN5O/c1-18-21(5-2-6-23(18)30)25-24(31)26-22(14-32-25)27(35-15-19-7-8-20(13-19)16-35)34-28(33-26)37-17-29-9-3-11-36(29)12-4-10-29/h2,5-6,14,19-20H,3-4,7-13,15-17H2,1H3. The number of ether oxygens (including phenoxy) is 1. The molecule has 1 saturated carbocycles. The van der Waals surface area contributed by atoms with Gasteiger partial charge in [-0.05, 0) is 88.4 Å². The zero-order valence-corrected chi connectivity index (χ0v) is 22.1. The Kier molecular flexibility index (Phi) is 5.77. The number of nitrogens with zero attached hydrogens (tertiary/aromatic N) is 5. The van der Waals surface area contributed by atoms with Crippen LogP contribution in [-0.4, -0.2) is 58.2 Å². The van der Waals surface area contributed by atoms with Crippen molar-refractivity contribution in [3.05, 3.63) is 40.8 Å². The summed E-state index contributed by atoms with van der Waals surface area (Å²) in [6, 6.07) is 5.76. The van der Waals surface area contributed by atoms with Crippen molar-refractivity contribution in [3.8, 4) is 17.3 Å². The molecule has 5 heterocycles. The van der Waals surface area contributed by atoms with Crippen molar-refractivity contribution in [2.45, 2.75) is 57.4 Å². The molecule has 1 aromatic carbocycles. The van der Waals surface area contributed by atoms with Gasteiger partial charge in [-0.25, -0.2) is 4.39 Å². The average molecular weight is 522 g/mol. The molecule has 2 aromatic heterocycles. The van der Waals surface area contributed by atoms with Crippen molar-refractivity contribution in [2.24, 2.45) is 11.8 Å². The Morgan fingerprint density at radius 1 is 1.11 bits per heavy atom. The van der Waals surface area contributed by atoms with E-state index in [1.807, 2.05) is 25.1 Å². The van der Waals surface area contributed by atoms with Crippen LogP contribution in [0.4, 0.5) is 10.2 Å². The highest BCUT2D eigenvalue weighted by molar-refractivity contribution is 6.31. The number of halogens is 2. The molecule has 0 N–H and O–H groups in total. The van der Waals surface area contributed by atoms with Crippen molar-refractivity contribution >= 4 is 28.3 Å². The van der Waals surface area contributed by atoms with Gasteiger partial charge in [-0.1, -0.05) is 23.7 Å². The van der Waals surface area contributed by atoms with E-state index in [9.17, 15) is 0 Å². The highest BCUT2D eigenvalue weighted by Gasteiger charge is 2.45. The Bertz CT molecular complexity index is 1340. The monoisotopic (exact) mass is 521 g/mol. The molecular formula is C29H33ClFN5O. The molecular weight excluding hydrogens is 489 g/mol. The molecule has 4 fully saturated rings. The van der Waals surface area contributed by atoms with Gasteiger partial charge in [0.05, 0.1) is 10.9 Å². The molecule has 7 rings (SSSR count). The fourth-order valence-electron chi connectivity index (χ4n) is 7.42. The third-order valence-electron chi connectivity index (χ3n) is 9.35. The number of fused-ring (bicyclic) bond motifs is 4. The molecule has 4 aliphatic rings. The van der Waals surface area contributed by atoms with Gasteiger partial charge in [0.1, 0.15) is 23.6 Å². The quantitative estimate of drug-likeness (QED) is 0.408. The summed E-state index contributed by atoms with van der Waals surface area (Å²) in [5.41, 5.74) is 2.09. The van der Waals surface area contributed by atoms with Gasteiger partial charge in [0.15, 0.2) is 5.82 Å². The minimum absolute atomic E-state index is 0.0720. The highest BCUT2D eigenvalue weighted by atomic mass is 35.5. The van der Waals surface area contributed by atoms with Crippen molar-refractivity contribution in [3.63, 3.8) is 0 Å². The van der Waals surface area contributed by atoms with E-state index in [1.165, 1.54) is 32.1 Å². The summed E-state index contributed by atoms with van der Waals surface area (Å²) in [4.78, 5) is 19.0. The Hall–Kier alpha value is -2.51. The SMILES string of the molecule is Cc1c(Cl)cccc1-c1ncc2c(N3CC4CCC(C4)C3)nc(OCC34CCCN3CCC4)nc2c1F. The van der Waals surface area contributed by atoms with Crippen LogP contribution in [0.25, 0.3) is 22.2 Å². The van der Waals surface area contributed by atoms with Crippen LogP contribution in [0.2, 0.25) is 5.02 Å². The lowest BCUT2D eigenvalue weighted by molar-refractivity contribution is 0.108. The van der Waals surface area contributed by atoms with Crippen LogP contribution in [0.15, 0.2) is 24.4 Å². The summed E-state index contributed by atoms with van der Waals surface area (Å²) in [6.45, 7) is 6.59. The van der Waals surface area contributed by atoms with Crippen LogP contribution in [0.1, 0.15) is 50.5 Å². The summed E-state index contributed by atoms with van der Waals surface area (Å²) < 4.78 is 22.6. The van der Waals surface area contributed by atoms with E-state index < -0.39 is 5.82 Å². The molecule has 2 atom stereocenters. The molecule has 1 aliphatic carbocycles. The van der Waals surface area contributed by atoms with Gasteiger partial charge in [0, 0.05) is 29.9 Å². The molecule has 3 aromatic rings. The summed E-state index contributed by atoms with van der Waals surface area (Å²) in [7, 11) is 0. The first kappa shape index (κ1) is 23.6. The Morgan fingerprint density at radius 3 is 2.62 bits per heavy atom. The lowest BCUT2D eigenvalue weighted by Gasteiger charge is -2.34. The first-order valence-electron chi connectivity index (χ1n) is 13.8. The van der Waals surface area contributed by atoms with Gasteiger partial charge in [-0.2, -0.15) is 9.97 Å². The largest absolute Gasteiger partial charge is 0.461 e. The third-order valence-corrected chi connectivity index (χ3v) is 9.76. The van der Waals surface area contributed by atoms with E-state index >= 15 is 4.39 Å². The number of pyridine rings is 1. The second-order valence-corrected chi connectivity index (χ2v) is 12.0. The maximum Gasteiger partial charge on any atom is 0.319 e. The van der Waals surface area contributed by atoms with Crippen molar-refractivity contribution in [1.82, 2.24) is 19.9 Å². The van der Waals surface area contributed by atoms with E-state index in [0.717, 1.165) is 50.4 Å². The Labute approximate surface area is 222 Å². The van der Waals surface area contributed by atoms with E-state index in [2.05, 4.69) is 19.8 Å². The van der Waals surface area contributed by atoms with E-state index in [-0.39, 0.29) is 22.8 Å². The maximum atomic E-state index is 16.2. The number of piperidine rings is 1. The second kappa shape index (κ2) is 9.05. The predicted octanol–water partition coefficient (Wildman–Crippen LogP) is 6.04. The summed E-state index contributed by atoms with van der Waals surface area (Å²) in [5.74, 6) is 1.65. The molecule has 3 saturated heterocycles. The molecule has 3 aliphatic heterocycles. The van der Waals surface area contributed by atoms with Crippen molar-refractivity contribution < 1.29 is 9.13 Å². The number of rotatable bonds is 5. The normalized spacial score (nSPS) is 24.7. The topological polar surface area (TPSA) is 54.4 Å². The van der Waals surface area contributed by atoms with Crippen molar-refractivity contribution in [2.75, 3.05) is 37.7 Å². The molecule has 0 amide bonds. The lowest BCUT2D eigenvalue weighted by Crippen LogP contribution is -2.43. The van der Waals surface area contributed by atoms with Gasteiger partial charge >= 0.3 is 6.01 Å². The average Bonchev–Trinajstić information content (AvgIpc) is 3.58. The predicted molar refractivity (Wildman–Crippen MR) is 144 cm³/mol. The van der Waals surface area contributed by atoms with Crippen LogP contribution in [0, 0.1) is 24.6 Å². The van der Waals surface area contributed by atoms with Gasteiger partial charge in [0.25, 0.3) is 0 Å². The van der Waals surface area contributed by atoms with Gasteiger partial charge in [-0.15, -0.1) is 0 Å². The lowest BCUT2D eigenvalue weighted by atomic mass is 9.95. The molecule has 6 nitrogen and oxygen atoms in total. The summed E-state index contributed by atoms with van der Waals surface area (Å²) in [5, 5.41) is 1.24. The minimum Gasteiger partial charge on any atom is -0.461 e. The Morgan fingerprint density at radius 2 is 1.86 bits per heavy atom. The molecule has 0 spiro atoms. The van der Waals surface area contributed by atoms with E-state index in [1.54, 1.807) is 6.20 Å². The van der Waals surface area contributed by atoms with Crippen molar-refractivity contribution in [1.29, 1.82) is 0 Å². The number of aromatic nitrogens is 3. The van der Waals surface area contributed by atoms with E-state index in [4.69, 9.17) is 21.3 Å². The third kappa shape index (κ3) is 3.97. The number of anilines is 1. The molecule has 37 heavy (non-hydrogen) atoms. The maximum absolute atomic E-state index is 16.2. The molecule has 2 unspecified atom stereocenters. The second-order valence-electron chi connectivity index (χ2n) is 11.6. The fraction of sp³-hybridized carbons (Fsp3) is 0.552. The van der Waals surface area contributed by atoms with E-state index in [0.29, 0.717) is 34.4 Å². The molecule has 2 bridgehead atoms.